The predicted octanol–water partition coefficient (Wildman–Crippen LogP) is 3.33. The molecule has 0 amide bonds. The maximum absolute atomic E-state index is 11.9. The summed E-state index contributed by atoms with van der Waals surface area (Å²) in [6.07, 6.45) is 5.45. The van der Waals surface area contributed by atoms with Crippen LogP contribution in [0, 0.1) is 0 Å². The molecule has 210 valence electrons. The van der Waals surface area contributed by atoms with Gasteiger partial charge in [-0.1, -0.05) is 25.4 Å². The number of fused-ring (bicyclic) bond motifs is 2. The number of pyridine rings is 1. The van der Waals surface area contributed by atoms with Crippen molar-refractivity contribution in [2.24, 2.45) is 14.1 Å². The molecule has 1 aromatic carbocycles. The van der Waals surface area contributed by atoms with E-state index in [1.165, 1.54) is 42.5 Å². The molecule has 0 saturated heterocycles. The number of rotatable bonds is 10. The molecule has 0 fully saturated rings. The normalized spacial score (nSPS) is 12.0. The van der Waals surface area contributed by atoms with E-state index >= 15 is 0 Å². The van der Waals surface area contributed by atoms with Crippen LogP contribution < -0.4 is 16.6 Å². The van der Waals surface area contributed by atoms with Gasteiger partial charge in [0.1, 0.15) is 6.54 Å². The Morgan fingerprint density at radius 2 is 1.85 bits per heavy atom. The van der Waals surface area contributed by atoms with E-state index in [1.54, 1.807) is 0 Å². The highest BCUT2D eigenvalue weighted by atomic mass is 35.5. The van der Waals surface area contributed by atoms with E-state index in [1.807, 2.05) is 30.5 Å². The molecule has 1 unspecified atom stereocenters. The molecule has 0 aliphatic carbocycles. The predicted molar refractivity (Wildman–Crippen MR) is 155 cm³/mol. The van der Waals surface area contributed by atoms with Gasteiger partial charge in [0.15, 0.2) is 11.2 Å². The van der Waals surface area contributed by atoms with E-state index in [0.717, 1.165) is 45.7 Å². The zero-order valence-corrected chi connectivity index (χ0v) is 23.8. The van der Waals surface area contributed by atoms with Crippen molar-refractivity contribution in [3.05, 3.63) is 62.7 Å². The van der Waals surface area contributed by atoms with Gasteiger partial charge in [0, 0.05) is 42.4 Å². The molecule has 0 saturated carbocycles. The minimum atomic E-state index is -1.08. The molecule has 4 aromatic rings. The van der Waals surface area contributed by atoms with E-state index in [2.05, 4.69) is 41.0 Å². The van der Waals surface area contributed by atoms with E-state index < -0.39 is 17.2 Å². The first-order valence-corrected chi connectivity index (χ1v) is 13.3. The second-order valence-electron chi connectivity index (χ2n) is 9.38. The molecule has 0 radical (unpaired) electrons. The second-order valence-corrected chi connectivity index (χ2v) is 9.82. The van der Waals surface area contributed by atoms with Crippen molar-refractivity contribution in [2.45, 2.75) is 46.2 Å². The summed E-state index contributed by atoms with van der Waals surface area (Å²) < 4.78 is 3.33. The Bertz CT molecular complexity index is 1560. The van der Waals surface area contributed by atoms with Gasteiger partial charge in [0.25, 0.3) is 5.56 Å². The van der Waals surface area contributed by atoms with Crippen molar-refractivity contribution in [3.63, 3.8) is 0 Å². The Morgan fingerprint density at radius 1 is 1.13 bits per heavy atom. The summed E-state index contributed by atoms with van der Waals surface area (Å²) in [5.74, 6) is -1.08. The van der Waals surface area contributed by atoms with Crippen molar-refractivity contribution in [1.82, 2.24) is 28.6 Å². The molecule has 1 atom stereocenters. The Labute approximate surface area is 231 Å². The number of imidazole rings is 1. The van der Waals surface area contributed by atoms with Crippen LogP contribution in [0.2, 0.25) is 5.02 Å². The fourth-order valence-corrected chi connectivity index (χ4v) is 4.57. The van der Waals surface area contributed by atoms with Gasteiger partial charge in [0.2, 0.25) is 0 Å². The van der Waals surface area contributed by atoms with Crippen molar-refractivity contribution >= 4 is 45.3 Å². The number of anilines is 1. The highest BCUT2D eigenvalue weighted by Gasteiger charge is 2.15. The molecule has 3 aromatic heterocycles. The number of hydrogen-bond donors (Lipinski definition) is 2. The third-order valence-corrected chi connectivity index (χ3v) is 6.87. The van der Waals surface area contributed by atoms with Gasteiger partial charge >= 0.3 is 11.7 Å². The lowest BCUT2D eigenvalue weighted by Gasteiger charge is -2.20. The van der Waals surface area contributed by atoms with Crippen molar-refractivity contribution < 1.29 is 9.90 Å². The average Bonchev–Trinajstić information content (AvgIpc) is 3.32. The molecule has 11 nitrogen and oxygen atoms in total. The molecule has 39 heavy (non-hydrogen) atoms. The van der Waals surface area contributed by atoms with Gasteiger partial charge in [-0.2, -0.15) is 0 Å². The topological polar surface area (TPSA) is 127 Å². The Morgan fingerprint density at radius 3 is 2.51 bits per heavy atom. The summed E-state index contributed by atoms with van der Waals surface area (Å²) in [5, 5.41) is 14.2. The number of aliphatic carboxylic acids is 1. The molecular formula is C27H36ClN7O4. The first-order valence-electron chi connectivity index (χ1n) is 12.9. The van der Waals surface area contributed by atoms with Crippen molar-refractivity contribution in [3.8, 4) is 0 Å². The molecule has 0 bridgehead atoms. The van der Waals surface area contributed by atoms with Crippen LogP contribution in [0.1, 0.15) is 33.6 Å². The number of benzene rings is 1. The number of nitrogens with zero attached hydrogens (tertiary/aromatic N) is 6. The molecule has 3 heterocycles. The molecule has 0 aliphatic rings. The maximum atomic E-state index is 11.9. The van der Waals surface area contributed by atoms with E-state index in [4.69, 9.17) is 16.7 Å². The number of hydrogen-bond acceptors (Lipinski definition) is 7. The van der Waals surface area contributed by atoms with Crippen LogP contribution in [0.15, 0.2) is 46.4 Å². The largest absolute Gasteiger partial charge is 0.480 e. The first kappa shape index (κ1) is 29.9. The first-order chi connectivity index (χ1) is 18.6. The summed E-state index contributed by atoms with van der Waals surface area (Å²) >= 11 is 6.04. The van der Waals surface area contributed by atoms with Crippen molar-refractivity contribution in [1.29, 1.82) is 0 Å². The van der Waals surface area contributed by atoms with Gasteiger partial charge in [-0.25, -0.2) is 9.78 Å². The van der Waals surface area contributed by atoms with Crippen LogP contribution in [0.4, 0.5) is 5.69 Å². The summed E-state index contributed by atoms with van der Waals surface area (Å²) in [7, 11) is 2.81. The average molecular weight is 558 g/mol. The second kappa shape index (κ2) is 13.4. The maximum Gasteiger partial charge on any atom is 0.332 e. The van der Waals surface area contributed by atoms with Crippen LogP contribution >= 0.6 is 11.6 Å². The molecule has 0 aliphatic heterocycles. The zero-order valence-electron chi connectivity index (χ0n) is 23.0. The Balaban J connectivity index is 0.000000223. The highest BCUT2D eigenvalue weighted by molar-refractivity contribution is 6.31. The lowest BCUT2D eigenvalue weighted by Crippen LogP contribution is -2.37. The number of carboxylic acids is 1. The third kappa shape index (κ3) is 7.24. The van der Waals surface area contributed by atoms with E-state index in [-0.39, 0.29) is 17.7 Å². The van der Waals surface area contributed by atoms with Crippen LogP contribution in [0.25, 0.3) is 22.1 Å². The van der Waals surface area contributed by atoms with Crippen LogP contribution in [-0.2, 0) is 25.4 Å². The summed E-state index contributed by atoms with van der Waals surface area (Å²) in [6.45, 7) is 9.75. The Kier molecular flexibility index (Phi) is 10.2. The summed E-state index contributed by atoms with van der Waals surface area (Å²) in [4.78, 5) is 44.8. The van der Waals surface area contributed by atoms with Gasteiger partial charge in [-0.15, -0.1) is 0 Å². The number of aryl methyl sites for hydroxylation is 1. The molecule has 2 N–H and O–H groups in total. The lowest BCUT2D eigenvalue weighted by atomic mass is 10.1. The van der Waals surface area contributed by atoms with Crippen LogP contribution in [0.5, 0.6) is 0 Å². The zero-order chi connectivity index (χ0) is 28.7. The van der Waals surface area contributed by atoms with Crippen LogP contribution in [0.3, 0.4) is 0 Å². The SMILES string of the molecule is CCN(CC)CCCC(C)Nc1ccnc2cc(Cl)ccc12.Cn1c(=O)c2c(ncn2CC(=O)O)n(C)c1=O. The lowest BCUT2D eigenvalue weighted by molar-refractivity contribution is -0.137. The number of halogens is 1. The number of carboxylic acid groups (broad SMARTS) is 1. The Hall–Kier alpha value is -3.70. The smallest absolute Gasteiger partial charge is 0.332 e. The van der Waals surface area contributed by atoms with E-state index in [9.17, 15) is 14.4 Å². The molecule has 12 heteroatoms. The number of aromatic nitrogens is 5. The monoisotopic (exact) mass is 557 g/mol. The van der Waals surface area contributed by atoms with Crippen LogP contribution in [-0.4, -0.2) is 65.3 Å². The van der Waals surface area contributed by atoms with Gasteiger partial charge in [-0.05, 0) is 63.7 Å². The minimum absolute atomic E-state index is 0.108. The molecule has 4 rings (SSSR count). The molecule has 0 spiro atoms. The van der Waals surface area contributed by atoms with Gasteiger partial charge < -0.3 is 19.9 Å². The summed E-state index contributed by atoms with van der Waals surface area (Å²) in [5.41, 5.74) is 1.31. The summed E-state index contributed by atoms with van der Waals surface area (Å²) in [6, 6.07) is 8.35. The standard InChI is InChI=1S/C18H26ClN3.C9H10N4O4/c1-4-22(5-2)12-6-7-14(3)21-17-10-11-20-18-13-15(19)8-9-16(17)18;1-11-7-6(8(16)12(2)9(11)17)13(4-10-7)3-5(14)15/h8-11,13-14H,4-7,12H2,1-3H3,(H,20,21);4H,3H2,1-2H3,(H,14,15). The van der Waals surface area contributed by atoms with Gasteiger partial charge in [0.05, 0.1) is 11.8 Å². The number of carbonyl (C=O) groups is 1. The fourth-order valence-electron chi connectivity index (χ4n) is 4.41. The minimum Gasteiger partial charge on any atom is -0.480 e. The quantitative estimate of drug-likeness (QED) is 0.304. The number of nitrogens with one attached hydrogen (secondary N) is 1. The van der Waals surface area contributed by atoms with E-state index in [0.29, 0.717) is 6.04 Å². The highest BCUT2D eigenvalue weighted by Crippen LogP contribution is 2.25. The third-order valence-electron chi connectivity index (χ3n) is 6.64. The van der Waals surface area contributed by atoms with Crippen molar-refractivity contribution in [2.75, 3.05) is 25.0 Å². The van der Waals surface area contributed by atoms with Gasteiger partial charge in [-0.3, -0.25) is 23.7 Å². The molecular weight excluding hydrogens is 522 g/mol. The fraction of sp³-hybridized carbons (Fsp3) is 0.444.